The number of carbonyl (C=O) groups is 1. The van der Waals surface area contributed by atoms with Crippen molar-refractivity contribution in [2.45, 2.75) is 64.3 Å². The maximum Gasteiger partial charge on any atom is 0.241 e. The van der Waals surface area contributed by atoms with Crippen LogP contribution in [-0.2, 0) is 30.6 Å². The van der Waals surface area contributed by atoms with Gasteiger partial charge in [-0.1, -0.05) is 0 Å². The lowest BCUT2D eigenvalue weighted by Crippen LogP contribution is -2.30. The predicted octanol–water partition coefficient (Wildman–Crippen LogP) is 1.69. The van der Waals surface area contributed by atoms with Crippen molar-refractivity contribution in [3.8, 4) is 0 Å². The average molecular weight is 383 g/mol. The number of hydrogen-bond acceptors (Lipinski definition) is 5. The molecule has 2 aliphatic rings. The van der Waals surface area contributed by atoms with Crippen molar-refractivity contribution in [2.24, 2.45) is 0 Å². The summed E-state index contributed by atoms with van der Waals surface area (Å²) in [6.45, 7) is 4.95. The molecule has 1 amide bonds. The zero-order valence-corrected chi connectivity index (χ0v) is 16.7. The first-order valence-corrected chi connectivity index (χ1v) is 10.5. The van der Waals surface area contributed by atoms with E-state index in [1.54, 1.807) is 4.68 Å². The van der Waals surface area contributed by atoms with Crippen LogP contribution < -0.4 is 10.6 Å². The van der Waals surface area contributed by atoms with Crippen LogP contribution >= 0.6 is 0 Å². The summed E-state index contributed by atoms with van der Waals surface area (Å²) in [5.41, 5.74) is 4.73. The van der Waals surface area contributed by atoms with Crippen molar-refractivity contribution in [2.75, 3.05) is 19.6 Å². The minimum Gasteiger partial charge on any atom is -0.354 e. The molecule has 1 aliphatic heterocycles. The highest BCUT2D eigenvalue weighted by molar-refractivity contribution is 5.75. The number of piperidine rings is 1. The van der Waals surface area contributed by atoms with Crippen LogP contribution in [0.1, 0.15) is 60.1 Å². The second-order valence-electron chi connectivity index (χ2n) is 7.94. The van der Waals surface area contributed by atoms with Gasteiger partial charge in [0.2, 0.25) is 5.91 Å². The molecule has 0 bridgehead atoms. The van der Waals surface area contributed by atoms with E-state index in [0.29, 0.717) is 18.9 Å². The van der Waals surface area contributed by atoms with Crippen LogP contribution in [0, 0.1) is 6.92 Å². The SMILES string of the molecule is Cc1nc(CCNC(=O)Cn2ccc(C3CCCNC3)n2)nc2c1CCCC2. The van der Waals surface area contributed by atoms with Crippen LogP contribution in [0.25, 0.3) is 0 Å². The fraction of sp³-hybridized carbons (Fsp3) is 0.619. The summed E-state index contributed by atoms with van der Waals surface area (Å²) in [5.74, 6) is 1.28. The lowest BCUT2D eigenvalue weighted by Gasteiger charge is -2.20. The molecule has 1 atom stereocenters. The lowest BCUT2D eigenvalue weighted by atomic mass is 9.95. The second-order valence-corrected chi connectivity index (χ2v) is 7.94. The van der Waals surface area contributed by atoms with Crippen molar-refractivity contribution in [3.63, 3.8) is 0 Å². The van der Waals surface area contributed by atoms with Gasteiger partial charge < -0.3 is 10.6 Å². The highest BCUT2D eigenvalue weighted by atomic mass is 16.2. The number of nitrogens with one attached hydrogen (secondary N) is 2. The zero-order chi connectivity index (χ0) is 19.3. The van der Waals surface area contributed by atoms with Crippen molar-refractivity contribution in [1.82, 2.24) is 30.4 Å². The topological polar surface area (TPSA) is 84.7 Å². The molecule has 0 saturated carbocycles. The molecule has 1 aliphatic carbocycles. The van der Waals surface area contributed by atoms with E-state index in [4.69, 9.17) is 4.98 Å². The van der Waals surface area contributed by atoms with Gasteiger partial charge in [-0.05, 0) is 63.6 Å². The number of carbonyl (C=O) groups excluding carboxylic acids is 1. The third-order valence-corrected chi connectivity index (χ3v) is 5.79. The molecular weight excluding hydrogens is 352 g/mol. The van der Waals surface area contributed by atoms with Crippen LogP contribution in [0.4, 0.5) is 0 Å². The third-order valence-electron chi connectivity index (χ3n) is 5.79. The molecular formula is C21H30N6O. The summed E-state index contributed by atoms with van der Waals surface area (Å²) in [6, 6.07) is 2.04. The molecule has 28 heavy (non-hydrogen) atoms. The zero-order valence-electron chi connectivity index (χ0n) is 16.7. The monoisotopic (exact) mass is 382 g/mol. The number of aryl methyl sites for hydroxylation is 2. The molecule has 150 valence electrons. The number of amides is 1. The number of nitrogens with zero attached hydrogens (tertiary/aromatic N) is 4. The summed E-state index contributed by atoms with van der Waals surface area (Å²) in [7, 11) is 0. The van der Waals surface area contributed by atoms with Crippen LogP contribution in [0.3, 0.4) is 0 Å². The van der Waals surface area contributed by atoms with Gasteiger partial charge in [0.05, 0.1) is 5.69 Å². The van der Waals surface area contributed by atoms with Gasteiger partial charge in [0.15, 0.2) is 0 Å². The Labute approximate surface area is 166 Å². The Morgan fingerprint density at radius 2 is 2.18 bits per heavy atom. The molecule has 0 aromatic carbocycles. The van der Waals surface area contributed by atoms with E-state index in [-0.39, 0.29) is 12.5 Å². The Hall–Kier alpha value is -2.28. The van der Waals surface area contributed by atoms with E-state index in [1.165, 1.54) is 30.5 Å². The van der Waals surface area contributed by atoms with Gasteiger partial charge in [0, 0.05) is 43.0 Å². The van der Waals surface area contributed by atoms with Crippen LogP contribution in [0.2, 0.25) is 0 Å². The smallest absolute Gasteiger partial charge is 0.241 e. The van der Waals surface area contributed by atoms with E-state index in [0.717, 1.165) is 49.6 Å². The standard InChI is InChI=1S/C21H30N6O/c1-15-17-6-2-3-7-19(17)25-20(24-15)8-11-23-21(28)14-27-12-9-18(26-27)16-5-4-10-22-13-16/h9,12,16,22H,2-8,10-11,13-14H2,1H3,(H,23,28). The predicted molar refractivity (Wildman–Crippen MR) is 107 cm³/mol. The van der Waals surface area contributed by atoms with Crippen molar-refractivity contribution in [3.05, 3.63) is 40.7 Å². The van der Waals surface area contributed by atoms with Gasteiger partial charge in [-0.3, -0.25) is 9.48 Å². The van der Waals surface area contributed by atoms with Gasteiger partial charge in [-0.15, -0.1) is 0 Å². The quantitative estimate of drug-likeness (QED) is 0.794. The maximum atomic E-state index is 12.3. The van der Waals surface area contributed by atoms with E-state index < -0.39 is 0 Å². The largest absolute Gasteiger partial charge is 0.354 e. The molecule has 1 unspecified atom stereocenters. The molecule has 4 rings (SSSR count). The van der Waals surface area contributed by atoms with Crippen molar-refractivity contribution < 1.29 is 4.79 Å². The molecule has 7 nitrogen and oxygen atoms in total. The summed E-state index contributed by atoms with van der Waals surface area (Å²) >= 11 is 0. The Bertz CT molecular complexity index is 824. The first kappa shape index (κ1) is 19.1. The lowest BCUT2D eigenvalue weighted by molar-refractivity contribution is -0.121. The Morgan fingerprint density at radius 1 is 1.29 bits per heavy atom. The first-order chi connectivity index (χ1) is 13.7. The number of fused-ring (bicyclic) bond motifs is 1. The molecule has 0 radical (unpaired) electrons. The summed E-state index contributed by atoms with van der Waals surface area (Å²) in [6.07, 6.45) is 9.51. The molecule has 7 heteroatoms. The third kappa shape index (κ3) is 4.58. The number of hydrogen-bond donors (Lipinski definition) is 2. The highest BCUT2D eigenvalue weighted by Crippen LogP contribution is 2.22. The Morgan fingerprint density at radius 3 is 3.04 bits per heavy atom. The van der Waals surface area contributed by atoms with E-state index in [2.05, 4.69) is 27.6 Å². The molecule has 3 heterocycles. The normalized spacial score (nSPS) is 19.2. The van der Waals surface area contributed by atoms with Gasteiger partial charge in [-0.25, -0.2) is 9.97 Å². The summed E-state index contributed by atoms with van der Waals surface area (Å²) in [5, 5.41) is 11.0. The first-order valence-electron chi connectivity index (χ1n) is 10.5. The minimum atomic E-state index is -0.0221. The van der Waals surface area contributed by atoms with Crippen LogP contribution in [-0.4, -0.2) is 45.3 Å². The summed E-state index contributed by atoms with van der Waals surface area (Å²) < 4.78 is 1.73. The minimum absolute atomic E-state index is 0.0221. The van der Waals surface area contributed by atoms with Crippen LogP contribution in [0.15, 0.2) is 12.3 Å². The number of aromatic nitrogens is 4. The highest BCUT2D eigenvalue weighted by Gasteiger charge is 2.18. The Kier molecular flexibility index (Phi) is 6.00. The van der Waals surface area contributed by atoms with Gasteiger partial charge in [0.1, 0.15) is 12.4 Å². The van der Waals surface area contributed by atoms with Crippen LogP contribution in [0.5, 0.6) is 0 Å². The second kappa shape index (κ2) is 8.82. The van der Waals surface area contributed by atoms with E-state index >= 15 is 0 Å². The van der Waals surface area contributed by atoms with Gasteiger partial charge in [-0.2, -0.15) is 5.10 Å². The average Bonchev–Trinajstić information content (AvgIpc) is 3.17. The molecule has 0 spiro atoms. The fourth-order valence-electron chi connectivity index (χ4n) is 4.26. The van der Waals surface area contributed by atoms with Gasteiger partial charge >= 0.3 is 0 Å². The fourth-order valence-corrected chi connectivity index (χ4v) is 4.26. The molecule has 2 N–H and O–H groups in total. The van der Waals surface area contributed by atoms with E-state index in [1.807, 2.05) is 12.3 Å². The van der Waals surface area contributed by atoms with E-state index in [9.17, 15) is 4.79 Å². The summed E-state index contributed by atoms with van der Waals surface area (Å²) in [4.78, 5) is 21.6. The number of rotatable bonds is 6. The van der Waals surface area contributed by atoms with Gasteiger partial charge in [0.25, 0.3) is 0 Å². The molecule has 1 saturated heterocycles. The molecule has 1 fully saturated rings. The Balaban J connectivity index is 1.26. The molecule has 2 aromatic heterocycles. The van der Waals surface area contributed by atoms with Crippen molar-refractivity contribution in [1.29, 1.82) is 0 Å². The maximum absolute atomic E-state index is 12.3. The van der Waals surface area contributed by atoms with Crippen molar-refractivity contribution >= 4 is 5.91 Å². The molecule has 2 aromatic rings.